The first-order valence-electron chi connectivity index (χ1n) is 6.74. The van der Waals surface area contributed by atoms with Crippen LogP contribution in [0.3, 0.4) is 0 Å². The number of nitro groups is 1. The van der Waals surface area contributed by atoms with E-state index in [4.69, 9.17) is 0 Å². The molecule has 0 aromatic heterocycles. The van der Waals surface area contributed by atoms with Gasteiger partial charge in [-0.3, -0.25) is 14.9 Å². The summed E-state index contributed by atoms with van der Waals surface area (Å²) in [6.45, 7) is 2.93. The van der Waals surface area contributed by atoms with Crippen molar-refractivity contribution in [2.24, 2.45) is 5.92 Å². The highest BCUT2D eigenvalue weighted by Gasteiger charge is 2.27. The van der Waals surface area contributed by atoms with E-state index in [9.17, 15) is 14.9 Å². The number of hydrogen-bond acceptors (Lipinski definition) is 4. The van der Waals surface area contributed by atoms with E-state index >= 15 is 0 Å². The molecule has 0 saturated carbocycles. The average Bonchev–Trinajstić information content (AvgIpc) is 2.46. The second-order valence-corrected chi connectivity index (χ2v) is 5.25. The molecular formula is C14H19N3O3. The molecule has 6 nitrogen and oxygen atoms in total. The fourth-order valence-corrected chi connectivity index (χ4v) is 2.56. The van der Waals surface area contributed by atoms with Crippen LogP contribution >= 0.6 is 0 Å². The standard InChI is InChI=1S/C14H19N3O3/c1-10-9-11(7-8-15-10)14(18)16(2)12-3-5-13(6-4-12)17(19)20/h3-6,10-11,15H,7-9H2,1-2H3. The first kappa shape index (κ1) is 14.5. The molecule has 1 N–H and O–H groups in total. The van der Waals surface area contributed by atoms with E-state index in [0.717, 1.165) is 19.4 Å². The van der Waals surface area contributed by atoms with E-state index in [2.05, 4.69) is 12.2 Å². The molecule has 1 aliphatic heterocycles. The van der Waals surface area contributed by atoms with Crippen LogP contribution in [0.15, 0.2) is 24.3 Å². The predicted octanol–water partition coefficient (Wildman–Crippen LogP) is 1.95. The molecular weight excluding hydrogens is 258 g/mol. The van der Waals surface area contributed by atoms with Gasteiger partial charge in [-0.15, -0.1) is 0 Å². The van der Waals surface area contributed by atoms with Crippen molar-refractivity contribution in [3.8, 4) is 0 Å². The van der Waals surface area contributed by atoms with Crippen molar-refractivity contribution in [1.29, 1.82) is 0 Å². The van der Waals surface area contributed by atoms with E-state index < -0.39 is 4.92 Å². The summed E-state index contributed by atoms with van der Waals surface area (Å²) in [6.07, 6.45) is 1.66. The van der Waals surface area contributed by atoms with Crippen LogP contribution in [0.4, 0.5) is 11.4 Å². The van der Waals surface area contributed by atoms with E-state index in [1.807, 2.05) is 0 Å². The molecule has 1 fully saturated rings. The smallest absolute Gasteiger partial charge is 0.269 e. The Morgan fingerprint density at radius 3 is 2.60 bits per heavy atom. The molecule has 0 aliphatic carbocycles. The van der Waals surface area contributed by atoms with Gasteiger partial charge < -0.3 is 10.2 Å². The highest BCUT2D eigenvalue weighted by Crippen LogP contribution is 2.23. The largest absolute Gasteiger partial charge is 0.315 e. The first-order chi connectivity index (χ1) is 9.49. The number of rotatable bonds is 3. The van der Waals surface area contributed by atoms with Gasteiger partial charge in [-0.05, 0) is 38.4 Å². The molecule has 1 amide bonds. The summed E-state index contributed by atoms with van der Waals surface area (Å²) in [4.78, 5) is 24.2. The van der Waals surface area contributed by atoms with Gasteiger partial charge in [0.15, 0.2) is 0 Å². The topological polar surface area (TPSA) is 75.5 Å². The number of benzene rings is 1. The normalized spacial score (nSPS) is 22.3. The Labute approximate surface area is 117 Å². The number of nitro benzene ring substituents is 1. The minimum Gasteiger partial charge on any atom is -0.315 e. The van der Waals surface area contributed by atoms with Gasteiger partial charge in [0.05, 0.1) is 4.92 Å². The van der Waals surface area contributed by atoms with Crippen LogP contribution in [-0.2, 0) is 4.79 Å². The van der Waals surface area contributed by atoms with E-state index in [1.54, 1.807) is 24.1 Å². The van der Waals surface area contributed by atoms with Gasteiger partial charge in [0.2, 0.25) is 5.91 Å². The monoisotopic (exact) mass is 277 g/mol. The molecule has 1 aromatic carbocycles. The number of carbonyl (C=O) groups is 1. The first-order valence-corrected chi connectivity index (χ1v) is 6.74. The van der Waals surface area contributed by atoms with Gasteiger partial charge in [-0.25, -0.2) is 0 Å². The highest BCUT2D eigenvalue weighted by atomic mass is 16.6. The van der Waals surface area contributed by atoms with Crippen molar-refractivity contribution >= 4 is 17.3 Å². The number of non-ortho nitro benzene ring substituents is 1. The number of nitrogens with zero attached hydrogens (tertiary/aromatic N) is 2. The lowest BCUT2D eigenvalue weighted by Crippen LogP contribution is -2.43. The minimum atomic E-state index is -0.444. The van der Waals surface area contributed by atoms with E-state index in [-0.39, 0.29) is 17.5 Å². The van der Waals surface area contributed by atoms with Crippen molar-refractivity contribution in [2.45, 2.75) is 25.8 Å². The minimum absolute atomic E-state index is 0.0199. The van der Waals surface area contributed by atoms with Gasteiger partial charge in [0.1, 0.15) is 0 Å². The maximum Gasteiger partial charge on any atom is 0.269 e. The third-order valence-corrected chi connectivity index (χ3v) is 3.75. The van der Waals surface area contributed by atoms with E-state index in [0.29, 0.717) is 11.7 Å². The van der Waals surface area contributed by atoms with Crippen molar-refractivity contribution in [1.82, 2.24) is 5.32 Å². The predicted molar refractivity (Wildman–Crippen MR) is 76.7 cm³/mol. The summed E-state index contributed by atoms with van der Waals surface area (Å²) in [5, 5.41) is 13.9. The van der Waals surface area contributed by atoms with Crippen molar-refractivity contribution in [3.05, 3.63) is 34.4 Å². The lowest BCUT2D eigenvalue weighted by Gasteiger charge is -2.30. The Balaban J connectivity index is 2.07. The van der Waals surface area contributed by atoms with Crippen LogP contribution in [0.1, 0.15) is 19.8 Å². The van der Waals surface area contributed by atoms with Crippen molar-refractivity contribution < 1.29 is 9.72 Å². The second-order valence-electron chi connectivity index (χ2n) is 5.25. The molecule has 1 saturated heterocycles. The number of nitrogens with one attached hydrogen (secondary N) is 1. The summed E-state index contributed by atoms with van der Waals surface area (Å²) in [5.41, 5.74) is 0.719. The lowest BCUT2D eigenvalue weighted by molar-refractivity contribution is -0.384. The maximum atomic E-state index is 12.4. The highest BCUT2D eigenvalue weighted by molar-refractivity contribution is 5.94. The number of carbonyl (C=O) groups excluding carboxylic acids is 1. The average molecular weight is 277 g/mol. The van der Waals surface area contributed by atoms with Crippen LogP contribution < -0.4 is 10.2 Å². The zero-order valence-electron chi connectivity index (χ0n) is 11.7. The maximum absolute atomic E-state index is 12.4. The van der Waals surface area contributed by atoms with Gasteiger partial charge >= 0.3 is 0 Å². The Morgan fingerprint density at radius 2 is 2.05 bits per heavy atom. The van der Waals surface area contributed by atoms with Crippen LogP contribution in [-0.4, -0.2) is 30.5 Å². The molecule has 20 heavy (non-hydrogen) atoms. The van der Waals surface area contributed by atoms with Crippen molar-refractivity contribution in [3.63, 3.8) is 0 Å². The Kier molecular flexibility index (Phi) is 4.34. The summed E-state index contributed by atoms with van der Waals surface area (Å²) in [5.74, 6) is 0.0960. The van der Waals surface area contributed by atoms with Crippen LogP contribution in [0.2, 0.25) is 0 Å². The summed E-state index contributed by atoms with van der Waals surface area (Å²) in [7, 11) is 1.72. The third-order valence-electron chi connectivity index (χ3n) is 3.75. The zero-order chi connectivity index (χ0) is 14.7. The lowest BCUT2D eigenvalue weighted by atomic mass is 9.92. The Morgan fingerprint density at radius 1 is 1.40 bits per heavy atom. The Hall–Kier alpha value is -1.95. The summed E-state index contributed by atoms with van der Waals surface area (Å²) >= 11 is 0. The van der Waals surface area contributed by atoms with Crippen LogP contribution in [0.25, 0.3) is 0 Å². The SMILES string of the molecule is CC1CC(C(=O)N(C)c2ccc([N+](=O)[O-])cc2)CCN1. The number of piperidine rings is 1. The van der Waals surface area contributed by atoms with Gasteiger partial charge in [0.25, 0.3) is 5.69 Å². The van der Waals surface area contributed by atoms with E-state index in [1.165, 1.54) is 12.1 Å². The van der Waals surface area contributed by atoms with Crippen LogP contribution in [0, 0.1) is 16.0 Å². The van der Waals surface area contributed by atoms with Gasteiger partial charge in [-0.1, -0.05) is 0 Å². The number of amides is 1. The molecule has 0 radical (unpaired) electrons. The molecule has 108 valence electrons. The molecule has 0 spiro atoms. The molecule has 2 atom stereocenters. The zero-order valence-corrected chi connectivity index (χ0v) is 11.7. The number of anilines is 1. The molecule has 6 heteroatoms. The van der Waals surface area contributed by atoms with Crippen molar-refractivity contribution in [2.75, 3.05) is 18.5 Å². The number of hydrogen-bond donors (Lipinski definition) is 1. The fourth-order valence-electron chi connectivity index (χ4n) is 2.56. The molecule has 2 rings (SSSR count). The summed E-state index contributed by atoms with van der Waals surface area (Å²) in [6, 6.07) is 6.41. The molecule has 1 aliphatic rings. The van der Waals surface area contributed by atoms with Gasteiger partial charge in [0, 0.05) is 36.8 Å². The quantitative estimate of drug-likeness (QED) is 0.676. The molecule has 2 unspecified atom stereocenters. The molecule has 1 aromatic rings. The Bertz CT molecular complexity index is 501. The second kappa shape index (κ2) is 6.00. The molecule has 0 bridgehead atoms. The fraction of sp³-hybridized carbons (Fsp3) is 0.500. The third kappa shape index (κ3) is 3.14. The van der Waals surface area contributed by atoms with Crippen LogP contribution in [0.5, 0.6) is 0 Å². The summed E-state index contributed by atoms with van der Waals surface area (Å²) < 4.78 is 0. The van der Waals surface area contributed by atoms with Gasteiger partial charge in [-0.2, -0.15) is 0 Å². The molecule has 1 heterocycles.